The molecule has 1 N–H and O–H groups in total. The lowest BCUT2D eigenvalue weighted by molar-refractivity contribution is -0.137. The number of para-hydroxylation sites is 1. The minimum Gasteiger partial charge on any atom is -0.339 e. The number of hydrogen-bond acceptors (Lipinski definition) is 3. The highest BCUT2D eigenvalue weighted by molar-refractivity contribution is 7.92. The molecule has 0 bridgehead atoms. The van der Waals surface area contributed by atoms with E-state index in [2.05, 4.69) is 4.72 Å². The summed E-state index contributed by atoms with van der Waals surface area (Å²) in [5.41, 5.74) is -0.313. The summed E-state index contributed by atoms with van der Waals surface area (Å²) in [6.07, 6.45) is -4.65. The van der Waals surface area contributed by atoms with Gasteiger partial charge in [0.25, 0.3) is 10.0 Å². The Hall–Kier alpha value is -2.55. The molecule has 0 aliphatic rings. The van der Waals surface area contributed by atoms with Gasteiger partial charge in [-0.15, -0.1) is 0 Å². The molecule has 0 saturated carbocycles. The van der Waals surface area contributed by atoms with Crippen LogP contribution in [0, 0.1) is 0 Å². The SMILES string of the molecule is CCN(Cc1ccccc1NS(=O)(=O)c1cccc(C(F)(F)F)c1)C(C)=O. The second-order valence-corrected chi connectivity index (χ2v) is 7.50. The van der Waals surface area contributed by atoms with Crippen molar-refractivity contribution in [3.63, 3.8) is 0 Å². The van der Waals surface area contributed by atoms with E-state index >= 15 is 0 Å². The molecule has 2 aromatic rings. The zero-order chi connectivity index (χ0) is 20.2. The highest BCUT2D eigenvalue weighted by Crippen LogP contribution is 2.31. The normalized spacial score (nSPS) is 11.9. The van der Waals surface area contributed by atoms with Crippen LogP contribution in [0.15, 0.2) is 53.4 Å². The molecule has 0 heterocycles. The molecule has 0 fully saturated rings. The Kier molecular flexibility index (Phi) is 6.15. The number of sulfonamides is 1. The van der Waals surface area contributed by atoms with Crippen molar-refractivity contribution in [3.8, 4) is 0 Å². The van der Waals surface area contributed by atoms with Gasteiger partial charge < -0.3 is 4.90 Å². The van der Waals surface area contributed by atoms with Crippen molar-refractivity contribution in [1.29, 1.82) is 0 Å². The Morgan fingerprint density at radius 3 is 2.37 bits per heavy atom. The summed E-state index contributed by atoms with van der Waals surface area (Å²) in [7, 11) is -4.23. The van der Waals surface area contributed by atoms with Crippen LogP contribution in [-0.2, 0) is 27.5 Å². The van der Waals surface area contributed by atoms with Gasteiger partial charge in [-0.3, -0.25) is 9.52 Å². The first-order chi connectivity index (χ1) is 12.5. The maximum atomic E-state index is 12.9. The van der Waals surface area contributed by atoms with E-state index in [9.17, 15) is 26.4 Å². The molecule has 0 aromatic heterocycles. The molecular weight excluding hydrogens is 381 g/mol. The second kappa shape index (κ2) is 7.99. The van der Waals surface area contributed by atoms with Gasteiger partial charge in [0.15, 0.2) is 0 Å². The monoisotopic (exact) mass is 400 g/mol. The Labute approximate surface area is 155 Å². The van der Waals surface area contributed by atoms with E-state index in [0.29, 0.717) is 18.2 Å². The predicted molar refractivity (Wildman–Crippen MR) is 95.5 cm³/mol. The minimum absolute atomic E-state index is 0.173. The summed E-state index contributed by atoms with van der Waals surface area (Å²) in [5, 5.41) is 0. The average Bonchev–Trinajstić information content (AvgIpc) is 2.59. The zero-order valence-corrected chi connectivity index (χ0v) is 15.6. The van der Waals surface area contributed by atoms with E-state index in [1.165, 1.54) is 17.9 Å². The van der Waals surface area contributed by atoms with Crippen molar-refractivity contribution in [2.24, 2.45) is 0 Å². The van der Waals surface area contributed by atoms with E-state index in [4.69, 9.17) is 0 Å². The Balaban J connectivity index is 2.35. The fraction of sp³-hybridized carbons (Fsp3) is 0.278. The third-order valence-electron chi connectivity index (χ3n) is 3.92. The van der Waals surface area contributed by atoms with Crippen molar-refractivity contribution >= 4 is 21.6 Å². The lowest BCUT2D eigenvalue weighted by atomic mass is 10.1. The quantitative estimate of drug-likeness (QED) is 0.800. The Morgan fingerprint density at radius 1 is 1.11 bits per heavy atom. The van der Waals surface area contributed by atoms with E-state index in [0.717, 1.165) is 18.2 Å². The number of rotatable bonds is 6. The van der Waals surface area contributed by atoms with Gasteiger partial charge in [-0.05, 0) is 36.8 Å². The van der Waals surface area contributed by atoms with Crippen molar-refractivity contribution in [3.05, 3.63) is 59.7 Å². The van der Waals surface area contributed by atoms with Gasteiger partial charge in [0.1, 0.15) is 0 Å². The number of halogens is 3. The highest BCUT2D eigenvalue weighted by atomic mass is 32.2. The maximum Gasteiger partial charge on any atom is 0.416 e. The molecule has 0 spiro atoms. The average molecular weight is 400 g/mol. The smallest absolute Gasteiger partial charge is 0.339 e. The number of hydrogen-bond donors (Lipinski definition) is 1. The predicted octanol–water partition coefficient (Wildman–Crippen LogP) is 3.87. The van der Waals surface area contributed by atoms with Crippen LogP contribution in [0.1, 0.15) is 25.0 Å². The number of amides is 1. The van der Waals surface area contributed by atoms with Crippen LogP contribution in [0.4, 0.5) is 18.9 Å². The van der Waals surface area contributed by atoms with Crippen LogP contribution >= 0.6 is 0 Å². The van der Waals surface area contributed by atoms with Crippen LogP contribution in [-0.4, -0.2) is 25.8 Å². The number of nitrogens with one attached hydrogen (secondary N) is 1. The Bertz CT molecular complexity index is 927. The molecule has 0 aliphatic heterocycles. The first-order valence-electron chi connectivity index (χ1n) is 8.08. The Morgan fingerprint density at radius 2 is 1.78 bits per heavy atom. The fourth-order valence-electron chi connectivity index (χ4n) is 2.45. The second-order valence-electron chi connectivity index (χ2n) is 5.82. The van der Waals surface area contributed by atoms with E-state index in [1.807, 2.05) is 0 Å². The molecular formula is C18H19F3N2O3S. The van der Waals surface area contributed by atoms with Gasteiger partial charge in [0, 0.05) is 20.0 Å². The van der Waals surface area contributed by atoms with Crippen molar-refractivity contribution in [1.82, 2.24) is 4.90 Å². The first-order valence-corrected chi connectivity index (χ1v) is 9.56. The van der Waals surface area contributed by atoms with Gasteiger partial charge in [-0.2, -0.15) is 13.2 Å². The standard InChI is InChI=1S/C18H19F3N2O3S/c1-3-23(13(2)24)12-14-7-4-5-10-17(14)22-27(25,26)16-9-6-8-15(11-16)18(19,20)21/h4-11,22H,3,12H2,1-2H3. The van der Waals surface area contributed by atoms with Crippen molar-refractivity contribution in [2.75, 3.05) is 11.3 Å². The molecule has 5 nitrogen and oxygen atoms in total. The lowest BCUT2D eigenvalue weighted by Gasteiger charge is -2.21. The van der Waals surface area contributed by atoms with Crippen LogP contribution in [0.25, 0.3) is 0 Å². The fourth-order valence-corrected chi connectivity index (χ4v) is 3.60. The van der Waals surface area contributed by atoms with Crippen molar-refractivity contribution in [2.45, 2.75) is 31.5 Å². The number of alkyl halides is 3. The van der Waals surface area contributed by atoms with Gasteiger partial charge in [-0.1, -0.05) is 24.3 Å². The van der Waals surface area contributed by atoms with Crippen molar-refractivity contribution < 1.29 is 26.4 Å². The van der Waals surface area contributed by atoms with E-state index in [1.54, 1.807) is 25.1 Å². The largest absolute Gasteiger partial charge is 0.416 e. The van der Waals surface area contributed by atoms with Gasteiger partial charge >= 0.3 is 6.18 Å². The van der Waals surface area contributed by atoms with Crippen LogP contribution in [0.2, 0.25) is 0 Å². The van der Waals surface area contributed by atoms with Gasteiger partial charge in [0.05, 0.1) is 16.1 Å². The maximum absolute atomic E-state index is 12.9. The summed E-state index contributed by atoms with van der Waals surface area (Å²) in [6.45, 7) is 3.80. The molecule has 2 rings (SSSR count). The molecule has 2 aromatic carbocycles. The van der Waals surface area contributed by atoms with Crippen LogP contribution in [0.3, 0.4) is 0 Å². The summed E-state index contributed by atoms with van der Waals surface area (Å²) < 4.78 is 66.0. The first kappa shape index (κ1) is 20.8. The molecule has 0 atom stereocenters. The zero-order valence-electron chi connectivity index (χ0n) is 14.7. The molecule has 27 heavy (non-hydrogen) atoms. The molecule has 0 radical (unpaired) electrons. The molecule has 1 amide bonds. The molecule has 0 aliphatic carbocycles. The number of carbonyl (C=O) groups excluding carboxylic acids is 1. The molecule has 0 saturated heterocycles. The summed E-state index contributed by atoms with van der Waals surface area (Å²) in [6, 6.07) is 9.94. The highest BCUT2D eigenvalue weighted by Gasteiger charge is 2.31. The van der Waals surface area contributed by atoms with Crippen LogP contribution < -0.4 is 4.72 Å². The summed E-state index contributed by atoms with van der Waals surface area (Å²) in [5.74, 6) is -0.173. The molecule has 9 heteroatoms. The van der Waals surface area contributed by atoms with E-state index in [-0.39, 0.29) is 18.1 Å². The number of carbonyl (C=O) groups is 1. The number of benzene rings is 2. The third-order valence-corrected chi connectivity index (χ3v) is 5.28. The number of anilines is 1. The molecule has 146 valence electrons. The van der Waals surface area contributed by atoms with E-state index < -0.39 is 26.7 Å². The lowest BCUT2D eigenvalue weighted by Crippen LogP contribution is -2.28. The van der Waals surface area contributed by atoms with Gasteiger partial charge in [-0.25, -0.2) is 8.42 Å². The topological polar surface area (TPSA) is 66.5 Å². The van der Waals surface area contributed by atoms with Gasteiger partial charge in [0.2, 0.25) is 5.91 Å². The van der Waals surface area contributed by atoms with Crippen LogP contribution in [0.5, 0.6) is 0 Å². The number of nitrogens with zero attached hydrogens (tertiary/aromatic N) is 1. The molecule has 0 unspecified atom stereocenters. The third kappa shape index (κ3) is 5.22. The summed E-state index contributed by atoms with van der Waals surface area (Å²) >= 11 is 0. The minimum atomic E-state index is -4.65. The summed E-state index contributed by atoms with van der Waals surface area (Å²) in [4.78, 5) is 12.6.